The fraction of sp³-hybridized carbons (Fsp3) is 0.786. The standard InChI is InChI=1S/C14H24N2S/c1-3-11(9-15-2)8-14-16-13(10-17-14)12-6-4-5-7-12/h10-12,15H,3-9H2,1-2H3. The molecule has 1 saturated carbocycles. The molecule has 1 aliphatic carbocycles. The van der Waals surface area contributed by atoms with Crippen molar-refractivity contribution >= 4 is 11.3 Å². The smallest absolute Gasteiger partial charge is 0.0931 e. The SMILES string of the molecule is CCC(CNC)Cc1nc(C2CCCC2)cs1. The fourth-order valence-corrected chi connectivity index (χ4v) is 3.72. The van der Waals surface area contributed by atoms with E-state index >= 15 is 0 Å². The predicted octanol–water partition coefficient (Wildman–Crippen LogP) is 3.59. The molecule has 1 atom stereocenters. The fourth-order valence-electron chi connectivity index (χ4n) is 2.72. The second-order valence-electron chi connectivity index (χ2n) is 5.18. The van der Waals surface area contributed by atoms with Gasteiger partial charge in [0.15, 0.2) is 0 Å². The van der Waals surface area contributed by atoms with Gasteiger partial charge in [-0.05, 0) is 32.4 Å². The van der Waals surface area contributed by atoms with E-state index in [1.165, 1.54) is 42.8 Å². The average Bonchev–Trinajstić information content (AvgIpc) is 2.98. The van der Waals surface area contributed by atoms with E-state index in [9.17, 15) is 0 Å². The highest BCUT2D eigenvalue weighted by atomic mass is 32.1. The number of hydrogen-bond donors (Lipinski definition) is 1. The zero-order valence-corrected chi connectivity index (χ0v) is 11.9. The van der Waals surface area contributed by atoms with Crippen molar-refractivity contribution in [1.29, 1.82) is 0 Å². The van der Waals surface area contributed by atoms with Crippen molar-refractivity contribution in [3.8, 4) is 0 Å². The zero-order chi connectivity index (χ0) is 12.1. The summed E-state index contributed by atoms with van der Waals surface area (Å²) >= 11 is 1.87. The lowest BCUT2D eigenvalue weighted by Gasteiger charge is -2.12. The third kappa shape index (κ3) is 3.52. The summed E-state index contributed by atoms with van der Waals surface area (Å²) < 4.78 is 0. The molecule has 0 spiro atoms. The summed E-state index contributed by atoms with van der Waals surface area (Å²) in [6, 6.07) is 0. The Morgan fingerprint density at radius 3 is 2.88 bits per heavy atom. The summed E-state index contributed by atoms with van der Waals surface area (Å²) in [7, 11) is 2.04. The van der Waals surface area contributed by atoms with Crippen molar-refractivity contribution in [2.24, 2.45) is 5.92 Å². The third-order valence-corrected chi connectivity index (χ3v) is 4.77. The van der Waals surface area contributed by atoms with Gasteiger partial charge in [0, 0.05) is 17.7 Å². The summed E-state index contributed by atoms with van der Waals surface area (Å²) in [6.07, 6.45) is 7.89. The lowest BCUT2D eigenvalue weighted by atomic mass is 10.0. The van der Waals surface area contributed by atoms with Gasteiger partial charge in [0.2, 0.25) is 0 Å². The van der Waals surface area contributed by atoms with Gasteiger partial charge in [-0.15, -0.1) is 11.3 Å². The van der Waals surface area contributed by atoms with Crippen molar-refractivity contribution in [2.75, 3.05) is 13.6 Å². The maximum Gasteiger partial charge on any atom is 0.0931 e. The molecule has 96 valence electrons. The Bertz CT molecular complexity index is 329. The van der Waals surface area contributed by atoms with Crippen LogP contribution in [0.1, 0.15) is 55.6 Å². The van der Waals surface area contributed by atoms with Crippen LogP contribution in [-0.2, 0) is 6.42 Å². The van der Waals surface area contributed by atoms with Crippen LogP contribution in [0.3, 0.4) is 0 Å². The lowest BCUT2D eigenvalue weighted by molar-refractivity contribution is 0.479. The van der Waals surface area contributed by atoms with Crippen LogP contribution in [0.15, 0.2) is 5.38 Å². The Morgan fingerprint density at radius 2 is 2.24 bits per heavy atom. The monoisotopic (exact) mass is 252 g/mol. The van der Waals surface area contributed by atoms with Crippen molar-refractivity contribution in [2.45, 2.75) is 51.4 Å². The molecular weight excluding hydrogens is 228 g/mol. The topological polar surface area (TPSA) is 24.9 Å². The van der Waals surface area contributed by atoms with Crippen LogP contribution >= 0.6 is 11.3 Å². The summed E-state index contributed by atoms with van der Waals surface area (Å²) in [5.74, 6) is 1.51. The molecule has 0 radical (unpaired) electrons. The Balaban J connectivity index is 1.92. The van der Waals surface area contributed by atoms with E-state index in [0.29, 0.717) is 0 Å². The van der Waals surface area contributed by atoms with E-state index in [4.69, 9.17) is 4.98 Å². The van der Waals surface area contributed by atoms with Crippen LogP contribution in [0, 0.1) is 5.92 Å². The van der Waals surface area contributed by atoms with Gasteiger partial charge < -0.3 is 5.32 Å². The first kappa shape index (κ1) is 13.0. The largest absolute Gasteiger partial charge is 0.319 e. The highest BCUT2D eigenvalue weighted by molar-refractivity contribution is 7.09. The molecule has 0 aliphatic heterocycles. The molecule has 1 unspecified atom stereocenters. The Morgan fingerprint density at radius 1 is 1.47 bits per heavy atom. The van der Waals surface area contributed by atoms with Gasteiger partial charge in [-0.2, -0.15) is 0 Å². The number of nitrogens with one attached hydrogen (secondary N) is 1. The number of nitrogens with zero attached hydrogens (tertiary/aromatic N) is 1. The highest BCUT2D eigenvalue weighted by Gasteiger charge is 2.20. The molecule has 0 saturated heterocycles. The van der Waals surface area contributed by atoms with E-state index in [0.717, 1.165) is 24.8 Å². The van der Waals surface area contributed by atoms with Gasteiger partial charge in [-0.25, -0.2) is 4.98 Å². The first-order valence-electron chi connectivity index (χ1n) is 6.92. The lowest BCUT2D eigenvalue weighted by Crippen LogP contribution is -2.20. The maximum atomic E-state index is 4.85. The number of rotatable bonds is 6. The first-order valence-corrected chi connectivity index (χ1v) is 7.80. The van der Waals surface area contributed by atoms with E-state index in [1.807, 2.05) is 18.4 Å². The van der Waals surface area contributed by atoms with E-state index in [2.05, 4.69) is 17.6 Å². The molecule has 0 aromatic carbocycles. The molecule has 1 heterocycles. The van der Waals surface area contributed by atoms with E-state index in [1.54, 1.807) is 0 Å². The van der Waals surface area contributed by atoms with Crippen LogP contribution in [-0.4, -0.2) is 18.6 Å². The third-order valence-electron chi connectivity index (χ3n) is 3.88. The van der Waals surface area contributed by atoms with Crippen molar-refractivity contribution in [3.05, 3.63) is 16.1 Å². The maximum absolute atomic E-state index is 4.85. The summed E-state index contributed by atoms with van der Waals surface area (Å²) in [6.45, 7) is 3.38. The van der Waals surface area contributed by atoms with Crippen molar-refractivity contribution < 1.29 is 0 Å². The molecule has 17 heavy (non-hydrogen) atoms. The normalized spacial score (nSPS) is 18.7. The van der Waals surface area contributed by atoms with Crippen molar-refractivity contribution in [3.63, 3.8) is 0 Å². The van der Waals surface area contributed by atoms with Gasteiger partial charge in [0.05, 0.1) is 10.7 Å². The Hall–Kier alpha value is -0.410. The number of aromatic nitrogens is 1. The molecule has 0 bridgehead atoms. The molecule has 1 aromatic heterocycles. The minimum absolute atomic E-state index is 0.738. The molecular formula is C14H24N2S. The minimum Gasteiger partial charge on any atom is -0.319 e. The molecule has 0 amide bonds. The summed E-state index contributed by atoms with van der Waals surface area (Å²) in [5.41, 5.74) is 1.38. The molecule has 3 heteroatoms. The van der Waals surface area contributed by atoms with Crippen LogP contribution < -0.4 is 5.32 Å². The zero-order valence-electron chi connectivity index (χ0n) is 11.0. The Kier molecular flexibility index (Phi) is 4.99. The van der Waals surface area contributed by atoms with Gasteiger partial charge in [0.1, 0.15) is 0 Å². The van der Waals surface area contributed by atoms with Crippen LogP contribution in [0.25, 0.3) is 0 Å². The minimum atomic E-state index is 0.738. The van der Waals surface area contributed by atoms with E-state index in [-0.39, 0.29) is 0 Å². The quantitative estimate of drug-likeness (QED) is 0.837. The summed E-state index contributed by atoms with van der Waals surface area (Å²) in [4.78, 5) is 4.85. The second-order valence-corrected chi connectivity index (χ2v) is 6.13. The van der Waals surface area contributed by atoms with E-state index < -0.39 is 0 Å². The molecule has 1 aliphatic rings. The average molecular weight is 252 g/mol. The first-order chi connectivity index (χ1) is 8.33. The van der Waals surface area contributed by atoms with Crippen LogP contribution in [0.5, 0.6) is 0 Å². The van der Waals surface area contributed by atoms with Gasteiger partial charge in [-0.3, -0.25) is 0 Å². The Labute approximate surface area is 109 Å². The molecule has 2 rings (SSSR count). The van der Waals surface area contributed by atoms with Gasteiger partial charge in [-0.1, -0.05) is 26.2 Å². The van der Waals surface area contributed by atoms with Crippen molar-refractivity contribution in [1.82, 2.24) is 10.3 Å². The molecule has 1 fully saturated rings. The van der Waals surface area contributed by atoms with Crippen LogP contribution in [0.4, 0.5) is 0 Å². The molecule has 2 nitrogen and oxygen atoms in total. The predicted molar refractivity (Wildman–Crippen MR) is 74.7 cm³/mol. The second kappa shape index (κ2) is 6.50. The molecule has 1 N–H and O–H groups in total. The molecule has 1 aromatic rings. The summed E-state index contributed by atoms with van der Waals surface area (Å²) in [5, 5.41) is 6.92. The number of hydrogen-bond acceptors (Lipinski definition) is 3. The highest BCUT2D eigenvalue weighted by Crippen LogP contribution is 2.34. The van der Waals surface area contributed by atoms with Gasteiger partial charge in [0.25, 0.3) is 0 Å². The van der Waals surface area contributed by atoms with Crippen LogP contribution in [0.2, 0.25) is 0 Å². The van der Waals surface area contributed by atoms with Gasteiger partial charge >= 0.3 is 0 Å². The number of thiazole rings is 1.